The number of allylic oxidation sites excluding steroid dienone is 2. The molecular weight excluding hydrogens is 342 g/mol. The number of ether oxygens (including phenoxy) is 1. The van der Waals surface area contributed by atoms with Crippen LogP contribution in [0.5, 0.6) is 5.75 Å². The first-order chi connectivity index (χ1) is 13.1. The van der Waals surface area contributed by atoms with Crippen LogP contribution < -0.4 is 15.6 Å². The molecule has 1 N–H and O–H groups in total. The maximum atomic E-state index is 12.3. The number of benzene rings is 1. The summed E-state index contributed by atoms with van der Waals surface area (Å²) in [6.45, 7) is 0.573. The van der Waals surface area contributed by atoms with Crippen molar-refractivity contribution in [1.82, 2.24) is 15.1 Å². The SMILES string of the molecule is COc1ccccc1-c1ccc(=O)n(CC(=O)NC[C@H]2C[C@@H]3C=C[C@H]2C3)n1. The number of hydrogen-bond acceptors (Lipinski definition) is 4. The highest BCUT2D eigenvalue weighted by atomic mass is 16.5. The first-order valence-corrected chi connectivity index (χ1v) is 9.30. The number of carbonyl (C=O) groups excluding carboxylic acids is 1. The average Bonchev–Trinajstić information content (AvgIpc) is 3.31. The van der Waals surface area contributed by atoms with Gasteiger partial charge in [0.25, 0.3) is 5.56 Å². The van der Waals surface area contributed by atoms with Crippen molar-refractivity contribution < 1.29 is 9.53 Å². The number of fused-ring (bicyclic) bond motifs is 2. The predicted molar refractivity (Wildman–Crippen MR) is 102 cm³/mol. The van der Waals surface area contributed by atoms with Crippen molar-refractivity contribution >= 4 is 5.91 Å². The van der Waals surface area contributed by atoms with Gasteiger partial charge in [0.1, 0.15) is 12.3 Å². The maximum absolute atomic E-state index is 12.3. The lowest BCUT2D eigenvalue weighted by atomic mass is 9.94. The van der Waals surface area contributed by atoms with E-state index in [1.54, 1.807) is 13.2 Å². The van der Waals surface area contributed by atoms with Crippen LogP contribution in [0.4, 0.5) is 0 Å². The summed E-state index contributed by atoms with van der Waals surface area (Å²) in [5, 5.41) is 7.33. The van der Waals surface area contributed by atoms with Gasteiger partial charge in [-0.3, -0.25) is 9.59 Å². The molecule has 27 heavy (non-hydrogen) atoms. The minimum absolute atomic E-state index is 0.0848. The number of methoxy groups -OCH3 is 1. The van der Waals surface area contributed by atoms with E-state index < -0.39 is 0 Å². The molecule has 0 spiro atoms. The summed E-state index contributed by atoms with van der Waals surface area (Å²) in [4.78, 5) is 24.5. The van der Waals surface area contributed by atoms with Gasteiger partial charge in [-0.15, -0.1) is 0 Å². The van der Waals surface area contributed by atoms with Gasteiger partial charge in [-0.2, -0.15) is 5.10 Å². The molecule has 2 bridgehead atoms. The van der Waals surface area contributed by atoms with E-state index in [4.69, 9.17) is 4.74 Å². The van der Waals surface area contributed by atoms with Gasteiger partial charge in [0, 0.05) is 18.2 Å². The molecule has 1 amide bonds. The molecule has 0 unspecified atom stereocenters. The Hall–Kier alpha value is -2.89. The highest BCUT2D eigenvalue weighted by molar-refractivity contribution is 5.75. The molecule has 2 aliphatic rings. The largest absolute Gasteiger partial charge is 0.496 e. The summed E-state index contributed by atoms with van der Waals surface area (Å²) >= 11 is 0. The molecule has 0 radical (unpaired) electrons. The van der Waals surface area contributed by atoms with E-state index in [-0.39, 0.29) is 18.0 Å². The Bertz CT molecular complexity index is 934. The summed E-state index contributed by atoms with van der Waals surface area (Å²) in [5.74, 6) is 2.26. The molecule has 2 aliphatic carbocycles. The summed E-state index contributed by atoms with van der Waals surface area (Å²) in [5.41, 5.74) is 1.08. The Labute approximate surface area is 157 Å². The number of carbonyl (C=O) groups is 1. The molecule has 140 valence electrons. The van der Waals surface area contributed by atoms with Gasteiger partial charge < -0.3 is 10.1 Å². The molecule has 1 heterocycles. The van der Waals surface area contributed by atoms with E-state index in [2.05, 4.69) is 22.6 Å². The summed E-state index contributed by atoms with van der Waals surface area (Å²) in [7, 11) is 1.59. The molecule has 1 saturated carbocycles. The van der Waals surface area contributed by atoms with Crippen molar-refractivity contribution in [2.75, 3.05) is 13.7 Å². The monoisotopic (exact) mass is 365 g/mol. The van der Waals surface area contributed by atoms with E-state index >= 15 is 0 Å². The van der Waals surface area contributed by atoms with Gasteiger partial charge in [-0.05, 0) is 48.8 Å². The fraction of sp³-hybridized carbons (Fsp3) is 0.381. The van der Waals surface area contributed by atoms with Crippen molar-refractivity contribution in [3.05, 3.63) is 58.9 Å². The third kappa shape index (κ3) is 3.65. The first kappa shape index (κ1) is 17.5. The van der Waals surface area contributed by atoms with Gasteiger partial charge >= 0.3 is 0 Å². The third-order valence-corrected chi connectivity index (χ3v) is 5.52. The Balaban J connectivity index is 1.44. The van der Waals surface area contributed by atoms with Crippen LogP contribution in [-0.2, 0) is 11.3 Å². The van der Waals surface area contributed by atoms with Gasteiger partial charge in [-0.25, -0.2) is 4.68 Å². The van der Waals surface area contributed by atoms with Crippen molar-refractivity contribution in [3.8, 4) is 17.0 Å². The highest BCUT2D eigenvalue weighted by Crippen LogP contribution is 2.42. The number of rotatable bonds is 6. The smallest absolute Gasteiger partial charge is 0.267 e. The molecule has 1 aromatic carbocycles. The molecule has 6 heteroatoms. The minimum Gasteiger partial charge on any atom is -0.496 e. The standard InChI is InChI=1S/C21H23N3O3/c1-27-19-5-3-2-4-17(19)18-8-9-21(26)24(23-18)13-20(25)22-12-16-11-14-6-7-15(16)10-14/h2-9,14-16H,10-13H2,1H3,(H,22,25)/t14-,15+,16-/m1/s1. The van der Waals surface area contributed by atoms with E-state index in [1.165, 1.54) is 17.2 Å². The van der Waals surface area contributed by atoms with Crippen molar-refractivity contribution in [2.45, 2.75) is 19.4 Å². The summed E-state index contributed by atoms with van der Waals surface area (Å²) < 4.78 is 6.56. The fourth-order valence-electron chi connectivity index (χ4n) is 4.13. The molecule has 1 fully saturated rings. The number of nitrogens with zero attached hydrogens (tertiary/aromatic N) is 2. The topological polar surface area (TPSA) is 73.2 Å². The Morgan fingerprint density at radius 2 is 2.07 bits per heavy atom. The molecule has 1 aromatic heterocycles. The normalized spacial score (nSPS) is 22.8. The molecule has 0 saturated heterocycles. The second kappa shape index (κ2) is 7.39. The van der Waals surface area contributed by atoms with E-state index in [1.807, 2.05) is 24.3 Å². The molecule has 6 nitrogen and oxygen atoms in total. The molecule has 3 atom stereocenters. The van der Waals surface area contributed by atoms with Crippen molar-refractivity contribution in [3.63, 3.8) is 0 Å². The first-order valence-electron chi connectivity index (χ1n) is 9.30. The Morgan fingerprint density at radius 1 is 1.22 bits per heavy atom. The van der Waals surface area contributed by atoms with Gasteiger partial charge in [-0.1, -0.05) is 24.3 Å². The Morgan fingerprint density at radius 3 is 2.81 bits per heavy atom. The predicted octanol–water partition coefficient (Wildman–Crippen LogP) is 2.25. The molecular formula is C21H23N3O3. The van der Waals surface area contributed by atoms with Gasteiger partial charge in [0.2, 0.25) is 5.91 Å². The summed E-state index contributed by atoms with van der Waals surface area (Å²) in [6.07, 6.45) is 6.91. The number of aromatic nitrogens is 2. The second-order valence-electron chi connectivity index (χ2n) is 7.26. The van der Waals surface area contributed by atoms with Crippen LogP contribution in [0.1, 0.15) is 12.8 Å². The molecule has 0 aliphatic heterocycles. The lowest BCUT2D eigenvalue weighted by Gasteiger charge is -2.18. The number of hydrogen-bond donors (Lipinski definition) is 1. The van der Waals surface area contributed by atoms with Gasteiger partial charge in [0.15, 0.2) is 0 Å². The Kier molecular flexibility index (Phi) is 4.79. The lowest BCUT2D eigenvalue weighted by molar-refractivity contribution is -0.122. The zero-order valence-corrected chi connectivity index (χ0v) is 15.3. The number of para-hydroxylation sites is 1. The van der Waals surface area contributed by atoms with Crippen LogP contribution >= 0.6 is 0 Å². The van der Waals surface area contributed by atoms with E-state index in [9.17, 15) is 9.59 Å². The van der Waals surface area contributed by atoms with Crippen molar-refractivity contribution in [1.29, 1.82) is 0 Å². The lowest BCUT2D eigenvalue weighted by Crippen LogP contribution is -2.36. The van der Waals surface area contributed by atoms with E-state index in [0.717, 1.165) is 12.0 Å². The molecule has 4 rings (SSSR count). The van der Waals surface area contributed by atoms with Crippen LogP contribution in [-0.4, -0.2) is 29.3 Å². The third-order valence-electron chi connectivity index (χ3n) is 5.52. The second-order valence-corrected chi connectivity index (χ2v) is 7.26. The van der Waals surface area contributed by atoms with Crippen LogP contribution in [0.2, 0.25) is 0 Å². The van der Waals surface area contributed by atoms with Crippen LogP contribution in [0.3, 0.4) is 0 Å². The number of amides is 1. The van der Waals surface area contributed by atoms with Gasteiger partial charge in [0.05, 0.1) is 12.8 Å². The fourth-order valence-corrected chi connectivity index (χ4v) is 4.13. The van der Waals surface area contributed by atoms with Crippen LogP contribution in [0, 0.1) is 17.8 Å². The number of nitrogens with one attached hydrogen (secondary N) is 1. The molecule has 2 aromatic rings. The van der Waals surface area contributed by atoms with Crippen LogP contribution in [0.25, 0.3) is 11.3 Å². The highest BCUT2D eigenvalue weighted by Gasteiger charge is 2.35. The minimum atomic E-state index is -0.299. The zero-order chi connectivity index (χ0) is 18.8. The summed E-state index contributed by atoms with van der Waals surface area (Å²) in [6, 6.07) is 10.5. The van der Waals surface area contributed by atoms with Crippen molar-refractivity contribution in [2.24, 2.45) is 17.8 Å². The quantitative estimate of drug-likeness (QED) is 0.797. The zero-order valence-electron chi connectivity index (χ0n) is 15.3. The average molecular weight is 365 g/mol. The van der Waals surface area contributed by atoms with Crippen LogP contribution in [0.15, 0.2) is 53.3 Å². The van der Waals surface area contributed by atoms with E-state index in [0.29, 0.717) is 35.7 Å². The maximum Gasteiger partial charge on any atom is 0.267 e.